The van der Waals surface area contributed by atoms with Crippen LogP contribution in [0, 0.1) is 0 Å². The molecule has 0 bridgehead atoms. The molecule has 0 aliphatic rings. The number of carbonyl (C=O) groups excluding carboxylic acids is 2. The summed E-state index contributed by atoms with van der Waals surface area (Å²) < 4.78 is 14.6. The molecule has 2 aromatic rings. The number of carbonyl (C=O) groups is 2. The second kappa shape index (κ2) is 26.2. The lowest BCUT2D eigenvalue weighted by atomic mass is 10.1. The maximum atomic E-state index is 12.0. The van der Waals surface area contributed by atoms with Gasteiger partial charge in [-0.05, 0) is 25.7 Å². The second-order valence-corrected chi connectivity index (χ2v) is 14.5. The maximum absolute atomic E-state index is 12.0. The highest BCUT2D eigenvalue weighted by molar-refractivity contribution is 8.76. The lowest BCUT2D eigenvalue weighted by Crippen LogP contribution is -2.26. The molecule has 0 fully saturated rings. The predicted octanol–water partition coefficient (Wildman–Crippen LogP) is 8.75. The molecule has 2 rings (SSSR count). The molecule has 8 heteroatoms. The number of aryl methyl sites for hydroxylation is 2. The number of ether oxygens (including phenoxy) is 2. The van der Waals surface area contributed by atoms with Crippen molar-refractivity contribution in [3.05, 3.63) is 60.2 Å². The third-order valence-corrected chi connectivity index (χ3v) is 10.3. The van der Waals surface area contributed by atoms with Crippen LogP contribution in [0.5, 0.6) is 0 Å². The van der Waals surface area contributed by atoms with E-state index in [-0.39, 0.29) is 11.9 Å². The Morgan fingerprint density at radius 3 is 1.07 bits per heavy atom. The van der Waals surface area contributed by atoms with Crippen molar-refractivity contribution < 1.29 is 28.2 Å². The van der Waals surface area contributed by atoms with Crippen molar-refractivity contribution in [1.29, 1.82) is 0 Å². The van der Waals surface area contributed by atoms with E-state index >= 15 is 0 Å². The van der Waals surface area contributed by atoms with Crippen molar-refractivity contribution in [3.8, 4) is 0 Å². The number of pyridine rings is 2. The summed E-state index contributed by atoms with van der Waals surface area (Å²) in [6, 6.07) is 7.19. The number of rotatable bonds is 27. The van der Waals surface area contributed by atoms with E-state index in [9.17, 15) is 9.59 Å². The van der Waals surface area contributed by atoms with Crippen molar-refractivity contribution in [2.45, 2.75) is 116 Å². The highest BCUT2D eigenvalue weighted by Crippen LogP contribution is 2.25. The topological polar surface area (TPSA) is 60.4 Å². The minimum Gasteiger partial charge on any atom is -0.462 e. The van der Waals surface area contributed by atoms with Gasteiger partial charge in [0.1, 0.15) is 14.1 Å². The summed E-state index contributed by atoms with van der Waals surface area (Å²) >= 11 is 0. The van der Waals surface area contributed by atoms with Gasteiger partial charge in [-0.15, -0.1) is 0 Å². The quantitative estimate of drug-likeness (QED) is 0.0419. The van der Waals surface area contributed by atoms with E-state index in [4.69, 9.17) is 9.47 Å². The Labute approximate surface area is 275 Å². The first kappa shape index (κ1) is 38.1. The summed E-state index contributed by atoms with van der Waals surface area (Å²) in [6.07, 6.45) is 30.2. The Morgan fingerprint density at radius 2 is 0.750 bits per heavy atom. The SMILES string of the molecule is C[n+]1ccc(C(=O)OCCCCCCCCCCCSSCCCCCCCCCCCOC(=O)c2cc[n+](C)cc2)cc1. The van der Waals surface area contributed by atoms with Crippen molar-refractivity contribution in [2.24, 2.45) is 14.1 Å². The lowest BCUT2D eigenvalue weighted by Gasteiger charge is -2.05. The van der Waals surface area contributed by atoms with E-state index in [1.807, 2.05) is 48.0 Å². The highest BCUT2D eigenvalue weighted by Gasteiger charge is 2.09. The molecule has 246 valence electrons. The largest absolute Gasteiger partial charge is 0.462 e. The zero-order valence-corrected chi connectivity index (χ0v) is 29.2. The summed E-state index contributed by atoms with van der Waals surface area (Å²) in [5.41, 5.74) is 1.25. The van der Waals surface area contributed by atoms with Crippen LogP contribution in [-0.4, -0.2) is 36.7 Å². The van der Waals surface area contributed by atoms with Crippen LogP contribution >= 0.6 is 21.6 Å². The normalized spacial score (nSPS) is 11.0. The molecule has 6 nitrogen and oxygen atoms in total. The van der Waals surface area contributed by atoms with Crippen LogP contribution in [0.1, 0.15) is 136 Å². The van der Waals surface area contributed by atoms with Gasteiger partial charge in [0.15, 0.2) is 24.8 Å². The molecule has 2 aromatic heterocycles. The number of nitrogens with zero attached hydrogens (tertiary/aromatic N) is 2. The van der Waals surface area contributed by atoms with Gasteiger partial charge >= 0.3 is 11.9 Å². The molecular formula is C36H58N2O4S2+2. The molecule has 0 amide bonds. The van der Waals surface area contributed by atoms with E-state index in [0.717, 1.165) is 25.7 Å². The Hall–Kier alpha value is -2.06. The third kappa shape index (κ3) is 20.1. The molecule has 0 aromatic carbocycles. The molecule has 44 heavy (non-hydrogen) atoms. The first-order valence-corrected chi connectivity index (χ1v) is 19.5. The van der Waals surface area contributed by atoms with Crippen LogP contribution in [0.15, 0.2) is 49.1 Å². The van der Waals surface area contributed by atoms with E-state index in [0.29, 0.717) is 24.3 Å². The van der Waals surface area contributed by atoms with Crippen molar-refractivity contribution >= 4 is 33.5 Å². The van der Waals surface area contributed by atoms with E-state index in [2.05, 4.69) is 21.6 Å². The summed E-state index contributed by atoms with van der Waals surface area (Å²) in [4.78, 5) is 24.0. The van der Waals surface area contributed by atoms with Crippen LogP contribution in [0.2, 0.25) is 0 Å². The fourth-order valence-corrected chi connectivity index (χ4v) is 7.18. The molecule has 0 saturated heterocycles. The standard InChI is InChI=1S/C36H58N2O4S2/c1-37-25-21-33(22-26-37)35(39)41-29-17-13-9-5-3-7-11-15-19-31-43-44-32-20-16-12-8-4-6-10-14-18-30-42-36(40)34-23-27-38(2)28-24-34/h21-28H,3-20,29-32H2,1-2H3/q+2. The van der Waals surface area contributed by atoms with Gasteiger partial charge in [-0.2, -0.15) is 0 Å². The molecule has 0 unspecified atom stereocenters. The molecule has 0 radical (unpaired) electrons. The van der Waals surface area contributed by atoms with E-state index in [1.54, 1.807) is 24.3 Å². The van der Waals surface area contributed by atoms with Gasteiger partial charge in [0.25, 0.3) is 0 Å². The van der Waals surface area contributed by atoms with E-state index < -0.39 is 0 Å². The van der Waals surface area contributed by atoms with Crippen LogP contribution in [0.3, 0.4) is 0 Å². The van der Waals surface area contributed by atoms with Crippen LogP contribution < -0.4 is 9.13 Å². The maximum Gasteiger partial charge on any atom is 0.338 e. The monoisotopic (exact) mass is 646 g/mol. The Kier molecular flexibility index (Phi) is 22.7. The smallest absolute Gasteiger partial charge is 0.338 e. The van der Waals surface area contributed by atoms with Crippen LogP contribution in [0.4, 0.5) is 0 Å². The molecule has 2 heterocycles. The van der Waals surface area contributed by atoms with Crippen LogP contribution in [-0.2, 0) is 23.6 Å². The fraction of sp³-hybridized carbons (Fsp3) is 0.667. The van der Waals surface area contributed by atoms with Crippen molar-refractivity contribution in [3.63, 3.8) is 0 Å². The number of esters is 2. The molecule has 0 aliphatic heterocycles. The van der Waals surface area contributed by atoms with Gasteiger partial charge in [-0.25, -0.2) is 18.7 Å². The molecule has 0 aliphatic carbocycles. The molecule has 0 atom stereocenters. The van der Waals surface area contributed by atoms with Gasteiger partial charge in [0.05, 0.1) is 24.3 Å². The number of aromatic nitrogens is 2. The summed E-state index contributed by atoms with van der Waals surface area (Å²) in [6.45, 7) is 1.04. The summed E-state index contributed by atoms with van der Waals surface area (Å²) in [7, 11) is 7.99. The van der Waals surface area contributed by atoms with Gasteiger partial charge in [0.2, 0.25) is 0 Å². The van der Waals surface area contributed by atoms with Gasteiger partial charge in [0, 0.05) is 35.8 Å². The molecular weight excluding hydrogens is 589 g/mol. The first-order valence-electron chi connectivity index (χ1n) is 17.1. The Bertz CT molecular complexity index is 921. The zero-order valence-electron chi connectivity index (χ0n) is 27.5. The molecule has 0 saturated carbocycles. The van der Waals surface area contributed by atoms with Gasteiger partial charge < -0.3 is 9.47 Å². The second-order valence-electron chi connectivity index (χ2n) is 11.8. The average Bonchev–Trinajstić information content (AvgIpc) is 3.03. The number of hydrogen-bond donors (Lipinski definition) is 0. The summed E-state index contributed by atoms with van der Waals surface area (Å²) in [5.74, 6) is 2.14. The minimum absolute atomic E-state index is 0.218. The number of hydrogen-bond acceptors (Lipinski definition) is 6. The highest BCUT2D eigenvalue weighted by atomic mass is 33.1. The molecule has 0 N–H and O–H groups in total. The van der Waals surface area contributed by atoms with Crippen molar-refractivity contribution in [2.75, 3.05) is 24.7 Å². The van der Waals surface area contributed by atoms with Crippen molar-refractivity contribution in [1.82, 2.24) is 0 Å². The van der Waals surface area contributed by atoms with Gasteiger partial charge in [-0.3, -0.25) is 0 Å². The summed E-state index contributed by atoms with van der Waals surface area (Å²) in [5, 5.41) is 0. The van der Waals surface area contributed by atoms with E-state index in [1.165, 1.54) is 101 Å². The minimum atomic E-state index is -0.218. The first-order chi connectivity index (χ1) is 21.6. The fourth-order valence-electron chi connectivity index (χ4n) is 4.89. The third-order valence-electron chi connectivity index (χ3n) is 7.72. The Balaban J connectivity index is 1.20. The van der Waals surface area contributed by atoms with Gasteiger partial charge in [-0.1, -0.05) is 111 Å². The zero-order chi connectivity index (χ0) is 31.5. The van der Waals surface area contributed by atoms with Crippen LogP contribution in [0.25, 0.3) is 0 Å². The predicted molar refractivity (Wildman–Crippen MR) is 184 cm³/mol. The average molecular weight is 647 g/mol. The Morgan fingerprint density at radius 1 is 0.477 bits per heavy atom. The number of unbranched alkanes of at least 4 members (excludes halogenated alkanes) is 16. The molecule has 0 spiro atoms. The lowest BCUT2D eigenvalue weighted by molar-refractivity contribution is -0.671.